The molecule has 1 aromatic carbocycles. The number of para-hydroxylation sites is 1. The van der Waals surface area contributed by atoms with Crippen LogP contribution in [0.5, 0.6) is 0 Å². The molecule has 6 heteroatoms. The average molecular weight is 264 g/mol. The van der Waals surface area contributed by atoms with Crippen molar-refractivity contribution in [3.63, 3.8) is 0 Å². The van der Waals surface area contributed by atoms with Crippen LogP contribution in [0.2, 0.25) is 0 Å². The zero-order valence-corrected chi connectivity index (χ0v) is 10.5. The van der Waals surface area contributed by atoms with Crippen molar-refractivity contribution in [3.05, 3.63) is 29.3 Å². The third-order valence-corrected chi connectivity index (χ3v) is 3.51. The minimum absolute atomic E-state index is 0.167. The SMILES string of the molecule is CC(=O)NC(CC(=O)O)c1nc2ccccc2s1. The van der Waals surface area contributed by atoms with Crippen molar-refractivity contribution in [2.75, 3.05) is 0 Å². The predicted octanol–water partition coefficient (Wildman–Crippen LogP) is 1.95. The van der Waals surface area contributed by atoms with E-state index in [9.17, 15) is 9.59 Å². The van der Waals surface area contributed by atoms with Gasteiger partial charge in [0.1, 0.15) is 5.01 Å². The van der Waals surface area contributed by atoms with E-state index in [1.165, 1.54) is 18.3 Å². The van der Waals surface area contributed by atoms with Gasteiger partial charge in [-0.05, 0) is 12.1 Å². The summed E-state index contributed by atoms with van der Waals surface area (Å²) in [5.74, 6) is -1.23. The summed E-state index contributed by atoms with van der Waals surface area (Å²) in [7, 11) is 0. The second-order valence-electron chi connectivity index (χ2n) is 3.87. The minimum Gasteiger partial charge on any atom is -0.481 e. The molecule has 2 rings (SSSR count). The summed E-state index contributed by atoms with van der Waals surface area (Å²) in [6.07, 6.45) is -0.167. The molecule has 1 unspecified atom stereocenters. The molecule has 2 N–H and O–H groups in total. The number of carboxylic acid groups (broad SMARTS) is 1. The Morgan fingerprint density at radius 3 is 2.78 bits per heavy atom. The van der Waals surface area contributed by atoms with Gasteiger partial charge in [-0.25, -0.2) is 4.98 Å². The maximum atomic E-state index is 11.1. The molecule has 0 aliphatic heterocycles. The van der Waals surface area contributed by atoms with Crippen molar-refractivity contribution in [1.82, 2.24) is 10.3 Å². The summed E-state index contributed by atoms with van der Waals surface area (Å²) < 4.78 is 0.980. The van der Waals surface area contributed by atoms with Gasteiger partial charge in [0.05, 0.1) is 22.7 Å². The largest absolute Gasteiger partial charge is 0.481 e. The number of carboxylic acids is 1. The van der Waals surface area contributed by atoms with Crippen molar-refractivity contribution in [3.8, 4) is 0 Å². The third kappa shape index (κ3) is 2.84. The molecule has 1 aromatic heterocycles. The van der Waals surface area contributed by atoms with Gasteiger partial charge in [-0.2, -0.15) is 0 Å². The second kappa shape index (κ2) is 5.14. The van der Waals surface area contributed by atoms with Crippen molar-refractivity contribution in [2.45, 2.75) is 19.4 Å². The Morgan fingerprint density at radius 2 is 2.17 bits per heavy atom. The quantitative estimate of drug-likeness (QED) is 0.884. The van der Waals surface area contributed by atoms with Gasteiger partial charge in [0.15, 0.2) is 0 Å². The molecular formula is C12H12N2O3S. The molecule has 1 amide bonds. The van der Waals surface area contributed by atoms with Crippen LogP contribution in [-0.4, -0.2) is 22.0 Å². The van der Waals surface area contributed by atoms with Gasteiger partial charge in [-0.1, -0.05) is 12.1 Å². The van der Waals surface area contributed by atoms with Crippen LogP contribution < -0.4 is 5.32 Å². The van der Waals surface area contributed by atoms with Crippen LogP contribution in [0.3, 0.4) is 0 Å². The van der Waals surface area contributed by atoms with Crippen LogP contribution in [0.15, 0.2) is 24.3 Å². The highest BCUT2D eigenvalue weighted by atomic mass is 32.1. The van der Waals surface area contributed by atoms with Gasteiger partial charge in [0.25, 0.3) is 0 Å². The number of amides is 1. The molecule has 0 bridgehead atoms. The maximum absolute atomic E-state index is 11.1. The standard InChI is InChI=1S/C12H12N2O3S/c1-7(15)13-9(6-11(16)17)12-14-8-4-2-3-5-10(8)18-12/h2-5,9H,6H2,1H3,(H,13,15)(H,16,17). The van der Waals surface area contributed by atoms with Gasteiger partial charge in [0, 0.05) is 6.92 Å². The number of rotatable bonds is 4. The number of carbonyl (C=O) groups excluding carboxylic acids is 1. The van der Waals surface area contributed by atoms with Gasteiger partial charge < -0.3 is 10.4 Å². The fourth-order valence-electron chi connectivity index (χ4n) is 1.66. The summed E-state index contributed by atoms with van der Waals surface area (Å²) in [6.45, 7) is 1.36. The van der Waals surface area contributed by atoms with E-state index in [-0.39, 0.29) is 12.3 Å². The number of hydrogen-bond donors (Lipinski definition) is 2. The number of aromatic nitrogens is 1. The molecule has 0 aliphatic rings. The van der Waals surface area contributed by atoms with Crippen LogP contribution in [0.4, 0.5) is 0 Å². The average Bonchev–Trinajstić information content (AvgIpc) is 2.70. The lowest BCUT2D eigenvalue weighted by Gasteiger charge is -2.12. The van der Waals surface area contributed by atoms with Gasteiger partial charge in [-0.3, -0.25) is 9.59 Å². The Labute approximate surface area is 107 Å². The lowest BCUT2D eigenvalue weighted by molar-refractivity contribution is -0.137. The Balaban J connectivity index is 2.33. The smallest absolute Gasteiger partial charge is 0.305 e. The maximum Gasteiger partial charge on any atom is 0.305 e. The van der Waals surface area contributed by atoms with Gasteiger partial charge in [-0.15, -0.1) is 11.3 Å². The number of nitrogens with zero attached hydrogens (tertiary/aromatic N) is 1. The predicted molar refractivity (Wildman–Crippen MR) is 68.4 cm³/mol. The van der Waals surface area contributed by atoms with E-state index < -0.39 is 12.0 Å². The zero-order valence-electron chi connectivity index (χ0n) is 9.71. The molecule has 1 heterocycles. The molecule has 0 spiro atoms. The second-order valence-corrected chi connectivity index (χ2v) is 4.93. The molecular weight excluding hydrogens is 252 g/mol. The van der Waals surface area contributed by atoms with E-state index in [0.29, 0.717) is 5.01 Å². The van der Waals surface area contributed by atoms with Crippen LogP contribution in [0, 0.1) is 0 Å². The molecule has 0 radical (unpaired) electrons. The van der Waals surface area contributed by atoms with Gasteiger partial charge >= 0.3 is 5.97 Å². The highest BCUT2D eigenvalue weighted by Gasteiger charge is 2.20. The molecule has 0 aliphatic carbocycles. The molecule has 2 aromatic rings. The topological polar surface area (TPSA) is 79.3 Å². The van der Waals surface area contributed by atoms with E-state index in [0.717, 1.165) is 10.2 Å². The number of hydrogen-bond acceptors (Lipinski definition) is 4. The van der Waals surface area contributed by atoms with E-state index in [2.05, 4.69) is 10.3 Å². The summed E-state index contributed by atoms with van der Waals surface area (Å²) in [5.41, 5.74) is 0.818. The molecule has 94 valence electrons. The lowest BCUT2D eigenvalue weighted by Crippen LogP contribution is -2.27. The number of fused-ring (bicyclic) bond motifs is 1. The summed E-state index contributed by atoms with van der Waals surface area (Å²) >= 11 is 1.40. The van der Waals surface area contributed by atoms with Crippen molar-refractivity contribution in [2.24, 2.45) is 0 Å². The number of thiazole rings is 1. The first kappa shape index (κ1) is 12.5. The summed E-state index contributed by atoms with van der Waals surface area (Å²) in [5, 5.41) is 12.1. The van der Waals surface area contributed by atoms with Crippen LogP contribution in [0.1, 0.15) is 24.4 Å². The Bertz CT molecular complexity index is 545. The first-order valence-corrected chi connectivity index (χ1v) is 6.22. The molecule has 18 heavy (non-hydrogen) atoms. The highest BCUT2D eigenvalue weighted by molar-refractivity contribution is 7.18. The van der Waals surface area contributed by atoms with E-state index in [4.69, 9.17) is 5.11 Å². The summed E-state index contributed by atoms with van der Waals surface area (Å²) in [6, 6.07) is 6.98. The van der Waals surface area contributed by atoms with Gasteiger partial charge in [0.2, 0.25) is 5.91 Å². The Morgan fingerprint density at radius 1 is 1.44 bits per heavy atom. The number of nitrogens with one attached hydrogen (secondary N) is 1. The zero-order chi connectivity index (χ0) is 13.1. The Kier molecular flexibility index (Phi) is 3.57. The minimum atomic E-state index is -0.965. The molecule has 1 atom stereocenters. The van der Waals surface area contributed by atoms with Crippen molar-refractivity contribution in [1.29, 1.82) is 0 Å². The van der Waals surface area contributed by atoms with Crippen molar-refractivity contribution < 1.29 is 14.7 Å². The van der Waals surface area contributed by atoms with E-state index in [1.54, 1.807) is 0 Å². The molecule has 0 fully saturated rings. The molecule has 5 nitrogen and oxygen atoms in total. The first-order chi connectivity index (χ1) is 8.56. The van der Waals surface area contributed by atoms with E-state index in [1.807, 2.05) is 24.3 Å². The number of carbonyl (C=O) groups is 2. The number of aliphatic carboxylic acids is 1. The molecule has 0 saturated carbocycles. The lowest BCUT2D eigenvalue weighted by atomic mass is 10.2. The third-order valence-electron chi connectivity index (χ3n) is 2.36. The monoisotopic (exact) mass is 264 g/mol. The fraction of sp³-hybridized carbons (Fsp3) is 0.250. The van der Waals surface area contributed by atoms with Crippen molar-refractivity contribution >= 4 is 33.4 Å². The van der Waals surface area contributed by atoms with Crippen LogP contribution in [-0.2, 0) is 9.59 Å². The Hall–Kier alpha value is -1.95. The summed E-state index contributed by atoms with van der Waals surface area (Å²) in [4.78, 5) is 26.3. The van der Waals surface area contributed by atoms with Crippen LogP contribution >= 0.6 is 11.3 Å². The number of benzene rings is 1. The first-order valence-electron chi connectivity index (χ1n) is 5.40. The van der Waals surface area contributed by atoms with Crippen LogP contribution in [0.25, 0.3) is 10.2 Å². The highest BCUT2D eigenvalue weighted by Crippen LogP contribution is 2.27. The molecule has 0 saturated heterocycles. The van der Waals surface area contributed by atoms with E-state index >= 15 is 0 Å². The fourth-order valence-corrected chi connectivity index (χ4v) is 2.68. The normalized spacial score (nSPS) is 12.3.